The molecule has 0 radical (unpaired) electrons. The molecule has 94 valence electrons. The highest BCUT2D eigenvalue weighted by molar-refractivity contribution is 6.02. The van der Waals surface area contributed by atoms with Crippen molar-refractivity contribution in [3.05, 3.63) is 71.0 Å². The van der Waals surface area contributed by atoms with Crippen LogP contribution in [0.5, 0.6) is 0 Å². The lowest BCUT2D eigenvalue weighted by molar-refractivity contribution is 0.0978. The van der Waals surface area contributed by atoms with Gasteiger partial charge in [0.15, 0.2) is 5.78 Å². The molecule has 1 unspecified atom stereocenters. The number of nitrogens with zero attached hydrogens (tertiary/aromatic N) is 1. The van der Waals surface area contributed by atoms with Crippen LogP contribution in [0.15, 0.2) is 48.5 Å². The molecule has 0 heterocycles. The molecule has 19 heavy (non-hydrogen) atoms. The zero-order valence-corrected chi connectivity index (χ0v) is 10.4. The van der Waals surface area contributed by atoms with Crippen LogP contribution in [0.1, 0.15) is 27.4 Å². The highest BCUT2D eigenvalue weighted by atomic mass is 19.1. The largest absolute Gasteiger partial charge is 0.292 e. The average Bonchev–Trinajstić information content (AvgIpc) is 2.39. The van der Waals surface area contributed by atoms with Gasteiger partial charge in [0.2, 0.25) is 0 Å². The van der Waals surface area contributed by atoms with Gasteiger partial charge in [0.25, 0.3) is 0 Å². The number of ketones is 1. The van der Waals surface area contributed by atoms with Crippen molar-refractivity contribution in [2.75, 3.05) is 0 Å². The van der Waals surface area contributed by atoms with E-state index in [9.17, 15) is 14.4 Å². The van der Waals surface area contributed by atoms with E-state index in [1.165, 1.54) is 18.2 Å². The maximum absolute atomic E-state index is 13.1. The predicted molar refractivity (Wildman–Crippen MR) is 70.3 cm³/mol. The van der Waals surface area contributed by atoms with E-state index in [1.807, 2.05) is 19.1 Å². The van der Waals surface area contributed by atoms with Crippen molar-refractivity contribution in [2.45, 2.75) is 12.8 Å². The Labute approximate surface area is 111 Å². The molecule has 0 N–H and O–H groups in total. The summed E-state index contributed by atoms with van der Waals surface area (Å²) in [7, 11) is 0. The van der Waals surface area contributed by atoms with Crippen LogP contribution in [0.3, 0.4) is 0 Å². The number of Topliss-reactive ketones (excluding diaryl/α,β-unsaturated/α-hetero) is 1. The Balaban J connectivity index is 2.38. The van der Waals surface area contributed by atoms with Crippen molar-refractivity contribution in [3.63, 3.8) is 0 Å². The number of halogens is 1. The van der Waals surface area contributed by atoms with E-state index < -0.39 is 11.7 Å². The minimum absolute atomic E-state index is 0.216. The molecule has 2 nitrogen and oxygen atoms in total. The van der Waals surface area contributed by atoms with Crippen LogP contribution in [-0.2, 0) is 0 Å². The lowest BCUT2D eigenvalue weighted by Gasteiger charge is -2.09. The molecule has 0 aliphatic carbocycles. The van der Waals surface area contributed by atoms with Crippen LogP contribution in [0.25, 0.3) is 0 Å². The van der Waals surface area contributed by atoms with Crippen molar-refractivity contribution in [1.82, 2.24) is 0 Å². The van der Waals surface area contributed by atoms with E-state index in [2.05, 4.69) is 0 Å². The van der Waals surface area contributed by atoms with Crippen molar-refractivity contribution in [1.29, 1.82) is 5.26 Å². The highest BCUT2D eigenvalue weighted by Gasteiger charge is 2.22. The minimum Gasteiger partial charge on any atom is -0.292 e. The summed E-state index contributed by atoms with van der Waals surface area (Å²) in [6.45, 7) is 1.89. The summed E-state index contributed by atoms with van der Waals surface area (Å²) in [5, 5.41) is 9.21. The first kappa shape index (κ1) is 13.0. The minimum atomic E-state index is -0.901. The monoisotopic (exact) mass is 253 g/mol. The number of benzene rings is 2. The molecular formula is C16H12FNO. The van der Waals surface area contributed by atoms with Gasteiger partial charge < -0.3 is 0 Å². The SMILES string of the molecule is Cc1cccc(C(C#N)C(=O)c2cccc(F)c2)c1. The van der Waals surface area contributed by atoms with Gasteiger partial charge in [-0.15, -0.1) is 0 Å². The third-order valence-electron chi connectivity index (χ3n) is 2.88. The molecule has 0 amide bonds. The van der Waals surface area contributed by atoms with Crippen LogP contribution < -0.4 is 0 Å². The average molecular weight is 253 g/mol. The molecule has 0 saturated carbocycles. The molecule has 1 atom stereocenters. The smallest absolute Gasteiger partial charge is 0.184 e. The number of nitriles is 1. The number of hydrogen-bond acceptors (Lipinski definition) is 2. The molecule has 0 aliphatic rings. The Morgan fingerprint density at radius 1 is 1.21 bits per heavy atom. The molecule has 0 spiro atoms. The van der Waals surface area contributed by atoms with Crippen LogP contribution in [0.4, 0.5) is 4.39 Å². The fraction of sp³-hybridized carbons (Fsp3) is 0.125. The first-order valence-electron chi connectivity index (χ1n) is 5.88. The highest BCUT2D eigenvalue weighted by Crippen LogP contribution is 2.21. The Morgan fingerprint density at radius 2 is 1.95 bits per heavy atom. The number of aryl methyl sites for hydroxylation is 1. The zero-order valence-electron chi connectivity index (χ0n) is 10.4. The van der Waals surface area contributed by atoms with Crippen LogP contribution >= 0.6 is 0 Å². The lowest BCUT2D eigenvalue weighted by atomic mass is 9.91. The van der Waals surface area contributed by atoms with Gasteiger partial charge in [0.1, 0.15) is 11.7 Å². The van der Waals surface area contributed by atoms with Gasteiger partial charge in [-0.1, -0.05) is 42.0 Å². The van der Waals surface area contributed by atoms with Crippen molar-refractivity contribution in [3.8, 4) is 6.07 Å². The Morgan fingerprint density at radius 3 is 2.58 bits per heavy atom. The third-order valence-corrected chi connectivity index (χ3v) is 2.88. The zero-order chi connectivity index (χ0) is 13.8. The third kappa shape index (κ3) is 2.86. The summed E-state index contributed by atoms with van der Waals surface area (Å²) in [6, 6.07) is 14.6. The molecule has 2 aromatic rings. The van der Waals surface area contributed by atoms with Gasteiger partial charge in [-0.25, -0.2) is 4.39 Å². The summed E-state index contributed by atoms with van der Waals surface area (Å²) >= 11 is 0. The quantitative estimate of drug-likeness (QED) is 0.784. The summed E-state index contributed by atoms with van der Waals surface area (Å²) in [5.41, 5.74) is 1.83. The molecule has 2 aromatic carbocycles. The maximum atomic E-state index is 13.1. The summed E-state index contributed by atoms with van der Waals surface area (Å²) in [6.07, 6.45) is 0. The van der Waals surface area contributed by atoms with E-state index in [1.54, 1.807) is 18.2 Å². The molecule has 0 bridgehead atoms. The first-order chi connectivity index (χ1) is 9.11. The van der Waals surface area contributed by atoms with E-state index in [0.717, 1.165) is 11.6 Å². The normalized spacial score (nSPS) is 11.6. The molecule has 0 fully saturated rings. The van der Waals surface area contributed by atoms with Gasteiger partial charge in [-0.3, -0.25) is 4.79 Å². The van der Waals surface area contributed by atoms with Crippen LogP contribution in [-0.4, -0.2) is 5.78 Å². The Bertz CT molecular complexity index is 658. The molecule has 0 aromatic heterocycles. The number of hydrogen-bond donors (Lipinski definition) is 0. The second-order valence-corrected chi connectivity index (χ2v) is 4.35. The predicted octanol–water partition coefficient (Wildman–Crippen LogP) is 3.62. The topological polar surface area (TPSA) is 40.9 Å². The van der Waals surface area contributed by atoms with E-state index in [-0.39, 0.29) is 11.3 Å². The maximum Gasteiger partial charge on any atom is 0.184 e. The second kappa shape index (κ2) is 5.45. The molecule has 0 saturated heterocycles. The van der Waals surface area contributed by atoms with Gasteiger partial charge >= 0.3 is 0 Å². The molecule has 3 heteroatoms. The van der Waals surface area contributed by atoms with Gasteiger partial charge in [0, 0.05) is 5.56 Å². The summed E-state index contributed by atoms with van der Waals surface area (Å²) < 4.78 is 13.1. The van der Waals surface area contributed by atoms with Crippen LogP contribution in [0.2, 0.25) is 0 Å². The van der Waals surface area contributed by atoms with Crippen molar-refractivity contribution < 1.29 is 9.18 Å². The number of carbonyl (C=O) groups is 1. The van der Waals surface area contributed by atoms with Crippen molar-refractivity contribution >= 4 is 5.78 Å². The number of rotatable bonds is 3. The van der Waals surface area contributed by atoms with E-state index >= 15 is 0 Å². The fourth-order valence-corrected chi connectivity index (χ4v) is 1.94. The first-order valence-corrected chi connectivity index (χ1v) is 5.88. The van der Waals surface area contributed by atoms with Crippen molar-refractivity contribution in [2.24, 2.45) is 0 Å². The van der Waals surface area contributed by atoms with Gasteiger partial charge in [-0.05, 0) is 24.6 Å². The van der Waals surface area contributed by atoms with E-state index in [4.69, 9.17) is 0 Å². The summed E-state index contributed by atoms with van der Waals surface area (Å²) in [5.74, 6) is -1.76. The molecule has 0 aliphatic heterocycles. The number of carbonyl (C=O) groups excluding carboxylic acids is 1. The second-order valence-electron chi connectivity index (χ2n) is 4.35. The molecular weight excluding hydrogens is 241 g/mol. The Kier molecular flexibility index (Phi) is 3.72. The van der Waals surface area contributed by atoms with Crippen LogP contribution in [0, 0.1) is 24.1 Å². The van der Waals surface area contributed by atoms with Gasteiger partial charge in [-0.2, -0.15) is 5.26 Å². The lowest BCUT2D eigenvalue weighted by Crippen LogP contribution is -2.11. The standard InChI is InChI=1S/C16H12FNO/c1-11-4-2-5-12(8-11)15(10-18)16(19)13-6-3-7-14(17)9-13/h2-9,15H,1H3. The fourth-order valence-electron chi connectivity index (χ4n) is 1.94. The Hall–Kier alpha value is -2.47. The molecule has 2 rings (SSSR count). The van der Waals surface area contributed by atoms with Gasteiger partial charge in [0.05, 0.1) is 6.07 Å². The van der Waals surface area contributed by atoms with E-state index in [0.29, 0.717) is 5.56 Å². The summed E-state index contributed by atoms with van der Waals surface area (Å²) in [4.78, 5) is 12.3.